The number of rotatable bonds is 6. The Labute approximate surface area is 217 Å². The smallest absolute Gasteiger partial charge is 0.254 e. The number of nitrogens with one attached hydrogen (secondary N) is 1. The molecule has 1 aromatic carbocycles. The first-order valence-electron chi connectivity index (χ1n) is 14.1. The first-order valence-corrected chi connectivity index (χ1v) is 14.1. The van der Waals surface area contributed by atoms with E-state index in [1.165, 1.54) is 37.8 Å². The van der Waals surface area contributed by atoms with Gasteiger partial charge in [0.2, 0.25) is 5.91 Å². The number of benzene rings is 1. The van der Waals surface area contributed by atoms with Crippen LogP contribution in [0.15, 0.2) is 24.3 Å². The Bertz CT molecular complexity index is 854. The van der Waals surface area contributed by atoms with Crippen LogP contribution in [0.1, 0.15) is 109 Å². The molecule has 2 amide bonds. The zero-order chi connectivity index (χ0) is 26.7. The molecule has 202 valence electrons. The number of ketones is 1. The van der Waals surface area contributed by atoms with E-state index in [-0.39, 0.29) is 28.6 Å². The molecule has 0 radical (unpaired) electrons. The molecule has 0 spiro atoms. The van der Waals surface area contributed by atoms with Gasteiger partial charge < -0.3 is 10.2 Å². The Kier molecular flexibility index (Phi) is 12.1. The van der Waals surface area contributed by atoms with Gasteiger partial charge in [-0.05, 0) is 63.0 Å². The van der Waals surface area contributed by atoms with E-state index in [4.69, 9.17) is 0 Å². The highest BCUT2D eigenvalue weighted by Gasteiger charge is 2.47. The minimum atomic E-state index is -0.556. The molecule has 1 saturated heterocycles. The average molecular weight is 503 g/mol. The number of carbonyl (C=O) groups excluding carboxylic acids is 3. The maximum Gasteiger partial charge on any atom is 0.254 e. The Balaban J connectivity index is 0.000000273. The molecule has 1 N–H and O–H groups in total. The monoisotopic (exact) mass is 502 g/mol. The van der Waals surface area contributed by atoms with Gasteiger partial charge in [0.25, 0.3) is 5.91 Å². The van der Waals surface area contributed by atoms with Gasteiger partial charge in [-0.25, -0.2) is 4.39 Å². The molecule has 2 aliphatic carbocycles. The zero-order valence-electron chi connectivity index (χ0n) is 23.1. The lowest BCUT2D eigenvalue weighted by atomic mass is 9.80. The molecule has 0 bridgehead atoms. The standard InChI is InChI=1S/C18H24FNO2.C10H17NO.C2H6/c1-12(2)17(21)16(13-8-4-3-5-9-13)20-18(22)14-10-6-7-11-15(14)19;1-10(5-6-10)9(12)11-7-3-2-4-8-11;1-2/h6-7,10-13,16H,3-5,8-9H2,1-2H3,(H,20,22);2-8H2,1H3;1-2H3. The molecular formula is C30H47FN2O3. The fraction of sp³-hybridized carbons (Fsp3) is 0.700. The summed E-state index contributed by atoms with van der Waals surface area (Å²) in [6.45, 7) is 11.8. The summed E-state index contributed by atoms with van der Waals surface area (Å²) in [4.78, 5) is 38.7. The van der Waals surface area contributed by atoms with E-state index in [0.29, 0.717) is 5.91 Å². The predicted octanol–water partition coefficient (Wildman–Crippen LogP) is 6.55. The van der Waals surface area contributed by atoms with Crippen molar-refractivity contribution in [2.75, 3.05) is 13.1 Å². The number of hydrogen-bond donors (Lipinski definition) is 1. The predicted molar refractivity (Wildman–Crippen MR) is 143 cm³/mol. The highest BCUT2D eigenvalue weighted by atomic mass is 19.1. The van der Waals surface area contributed by atoms with Crippen LogP contribution in [0.25, 0.3) is 0 Å². The minimum Gasteiger partial charge on any atom is -0.342 e. The van der Waals surface area contributed by atoms with Crippen LogP contribution in [-0.2, 0) is 9.59 Å². The molecule has 1 atom stereocenters. The van der Waals surface area contributed by atoms with Crippen LogP contribution in [0, 0.1) is 23.1 Å². The molecule has 6 heteroatoms. The molecule has 4 rings (SSSR count). The van der Waals surface area contributed by atoms with Gasteiger partial charge in [-0.15, -0.1) is 0 Å². The first kappa shape index (κ1) is 30.0. The molecule has 1 unspecified atom stereocenters. The highest BCUT2D eigenvalue weighted by Crippen LogP contribution is 2.46. The van der Waals surface area contributed by atoms with Crippen molar-refractivity contribution in [2.24, 2.45) is 17.3 Å². The Morgan fingerprint density at radius 3 is 2.03 bits per heavy atom. The second kappa shape index (κ2) is 14.5. The third-order valence-corrected chi connectivity index (χ3v) is 7.56. The average Bonchev–Trinajstić information content (AvgIpc) is 3.67. The van der Waals surface area contributed by atoms with Crippen molar-refractivity contribution in [1.82, 2.24) is 10.2 Å². The normalized spacial score (nSPS) is 19.7. The maximum absolute atomic E-state index is 13.7. The molecule has 0 aromatic heterocycles. The first-order chi connectivity index (χ1) is 17.2. The molecule has 36 heavy (non-hydrogen) atoms. The van der Waals surface area contributed by atoms with Crippen LogP contribution in [0.3, 0.4) is 0 Å². The van der Waals surface area contributed by atoms with Crippen LogP contribution in [0.2, 0.25) is 0 Å². The zero-order valence-corrected chi connectivity index (χ0v) is 23.1. The summed E-state index contributed by atoms with van der Waals surface area (Å²) in [5.74, 6) is -0.576. The third kappa shape index (κ3) is 8.41. The number of amides is 2. The Morgan fingerprint density at radius 1 is 0.944 bits per heavy atom. The van der Waals surface area contributed by atoms with E-state index in [2.05, 4.69) is 17.1 Å². The molecule has 5 nitrogen and oxygen atoms in total. The van der Waals surface area contributed by atoms with Crippen molar-refractivity contribution in [3.63, 3.8) is 0 Å². The second-order valence-electron chi connectivity index (χ2n) is 10.8. The van der Waals surface area contributed by atoms with Crippen LogP contribution in [-0.4, -0.2) is 41.6 Å². The number of nitrogens with zero attached hydrogens (tertiary/aromatic N) is 1. The summed E-state index contributed by atoms with van der Waals surface area (Å²) in [6, 6.07) is 5.37. The van der Waals surface area contributed by atoms with Gasteiger partial charge in [-0.1, -0.05) is 66.0 Å². The maximum atomic E-state index is 13.7. The number of hydrogen-bond acceptors (Lipinski definition) is 3. The molecule has 1 aliphatic heterocycles. The molecule has 1 heterocycles. The van der Waals surface area contributed by atoms with Crippen LogP contribution >= 0.6 is 0 Å². The van der Waals surface area contributed by atoms with Gasteiger partial charge in [0.1, 0.15) is 5.82 Å². The summed E-state index contributed by atoms with van der Waals surface area (Å²) in [5, 5.41) is 2.80. The van der Waals surface area contributed by atoms with Crippen molar-refractivity contribution in [3.05, 3.63) is 35.6 Å². The molecule has 1 aromatic rings. The van der Waals surface area contributed by atoms with Gasteiger partial charge >= 0.3 is 0 Å². The number of piperidine rings is 1. The topological polar surface area (TPSA) is 66.5 Å². The van der Waals surface area contributed by atoms with E-state index < -0.39 is 17.8 Å². The van der Waals surface area contributed by atoms with Crippen LogP contribution in [0.5, 0.6) is 0 Å². The largest absolute Gasteiger partial charge is 0.342 e. The molecule has 3 aliphatic rings. The van der Waals surface area contributed by atoms with E-state index >= 15 is 0 Å². The number of carbonyl (C=O) groups is 3. The Morgan fingerprint density at radius 2 is 1.50 bits per heavy atom. The lowest BCUT2D eigenvalue weighted by Gasteiger charge is -2.31. The van der Waals surface area contributed by atoms with Crippen molar-refractivity contribution >= 4 is 17.6 Å². The van der Waals surface area contributed by atoms with Crippen molar-refractivity contribution < 1.29 is 18.8 Å². The number of halogens is 1. The van der Waals surface area contributed by atoms with Crippen LogP contribution < -0.4 is 5.32 Å². The summed E-state index contributed by atoms with van der Waals surface area (Å²) in [5.41, 5.74) is 0.0528. The summed E-state index contributed by atoms with van der Waals surface area (Å²) in [7, 11) is 0. The quantitative estimate of drug-likeness (QED) is 0.479. The summed E-state index contributed by atoms with van der Waals surface area (Å²) in [6.07, 6.45) is 11.2. The van der Waals surface area contributed by atoms with Crippen molar-refractivity contribution in [3.8, 4) is 0 Å². The lowest BCUT2D eigenvalue weighted by molar-refractivity contribution is -0.137. The fourth-order valence-electron chi connectivity index (χ4n) is 4.99. The second-order valence-corrected chi connectivity index (χ2v) is 10.8. The third-order valence-electron chi connectivity index (χ3n) is 7.56. The van der Waals surface area contributed by atoms with E-state index in [0.717, 1.165) is 51.6 Å². The fourth-order valence-corrected chi connectivity index (χ4v) is 4.99. The van der Waals surface area contributed by atoms with E-state index in [9.17, 15) is 18.8 Å². The van der Waals surface area contributed by atoms with Gasteiger partial charge in [-0.3, -0.25) is 14.4 Å². The number of likely N-dealkylation sites (tertiary alicyclic amines) is 1. The van der Waals surface area contributed by atoms with E-state index in [1.807, 2.05) is 27.7 Å². The van der Waals surface area contributed by atoms with E-state index in [1.54, 1.807) is 12.1 Å². The molecule has 2 saturated carbocycles. The molecular weight excluding hydrogens is 455 g/mol. The van der Waals surface area contributed by atoms with Crippen molar-refractivity contribution in [2.45, 2.75) is 105 Å². The van der Waals surface area contributed by atoms with Gasteiger partial charge in [0, 0.05) is 24.4 Å². The van der Waals surface area contributed by atoms with Gasteiger partial charge in [-0.2, -0.15) is 0 Å². The number of Topliss-reactive ketones (excluding diaryl/α,β-unsaturated/α-hetero) is 1. The van der Waals surface area contributed by atoms with Crippen LogP contribution in [0.4, 0.5) is 4.39 Å². The SMILES string of the molecule is CC.CC(C)C(=O)C(NC(=O)c1ccccc1F)C1CCCCC1.CC1(C(=O)N2CCCCC2)CC1. The lowest BCUT2D eigenvalue weighted by Crippen LogP contribution is -2.48. The Hall–Kier alpha value is -2.24. The van der Waals surface area contributed by atoms with Gasteiger partial charge in [0.05, 0.1) is 11.6 Å². The highest BCUT2D eigenvalue weighted by molar-refractivity contribution is 5.98. The summed E-state index contributed by atoms with van der Waals surface area (Å²) < 4.78 is 13.7. The molecule has 3 fully saturated rings. The minimum absolute atomic E-state index is 0.000124. The van der Waals surface area contributed by atoms with Gasteiger partial charge in [0.15, 0.2) is 5.78 Å². The summed E-state index contributed by atoms with van der Waals surface area (Å²) >= 11 is 0. The van der Waals surface area contributed by atoms with Crippen molar-refractivity contribution in [1.29, 1.82) is 0 Å².